The number of hydrogen-bond donors (Lipinski definition) is 2. The maximum Gasteiger partial charge on any atom is 0.235 e. The van der Waals surface area contributed by atoms with Crippen molar-refractivity contribution in [2.45, 2.75) is 25.7 Å². The second kappa shape index (κ2) is 8.53. The minimum Gasteiger partial charge on any atom is -0.355 e. The van der Waals surface area contributed by atoms with E-state index in [2.05, 4.69) is 10.6 Å². The van der Waals surface area contributed by atoms with Gasteiger partial charge in [0.2, 0.25) is 11.8 Å². The summed E-state index contributed by atoms with van der Waals surface area (Å²) in [6.07, 6.45) is 2.39. The number of benzene rings is 2. The van der Waals surface area contributed by atoms with Crippen LogP contribution in [0.4, 0.5) is 4.39 Å². The van der Waals surface area contributed by atoms with E-state index in [9.17, 15) is 14.0 Å². The van der Waals surface area contributed by atoms with Crippen molar-refractivity contribution in [3.05, 3.63) is 70.5 Å². The van der Waals surface area contributed by atoms with Crippen molar-refractivity contribution in [2.24, 2.45) is 5.41 Å². The van der Waals surface area contributed by atoms with Crippen LogP contribution in [0.15, 0.2) is 48.5 Å². The Labute approximate surface area is 163 Å². The second-order valence-electron chi connectivity index (χ2n) is 6.85. The van der Waals surface area contributed by atoms with Gasteiger partial charge >= 0.3 is 0 Å². The molecular weight excluding hydrogens is 367 g/mol. The first kappa shape index (κ1) is 19.4. The molecule has 2 aromatic rings. The summed E-state index contributed by atoms with van der Waals surface area (Å²) >= 11 is 5.95. The van der Waals surface area contributed by atoms with E-state index in [4.69, 9.17) is 11.6 Å². The quantitative estimate of drug-likeness (QED) is 0.682. The molecule has 0 unspecified atom stereocenters. The molecule has 0 spiro atoms. The van der Waals surface area contributed by atoms with Gasteiger partial charge in [-0.05, 0) is 61.1 Å². The predicted octanol–water partition coefficient (Wildman–Crippen LogP) is 3.28. The average Bonchev–Trinajstić information content (AvgIpc) is 3.45. The summed E-state index contributed by atoms with van der Waals surface area (Å²) in [6, 6.07) is 13.7. The molecule has 27 heavy (non-hydrogen) atoms. The van der Waals surface area contributed by atoms with Crippen LogP contribution in [0, 0.1) is 11.2 Å². The normalized spacial score (nSPS) is 14.4. The van der Waals surface area contributed by atoms with Gasteiger partial charge in [0, 0.05) is 18.1 Å². The first-order valence-corrected chi connectivity index (χ1v) is 9.43. The van der Waals surface area contributed by atoms with E-state index in [1.165, 1.54) is 12.1 Å². The van der Waals surface area contributed by atoms with Gasteiger partial charge in [0.1, 0.15) is 11.2 Å². The molecule has 0 atom stereocenters. The number of hydrogen-bond acceptors (Lipinski definition) is 2. The fraction of sp³-hybridized carbons (Fsp3) is 0.333. The molecule has 0 aromatic heterocycles. The van der Waals surface area contributed by atoms with Gasteiger partial charge in [-0.1, -0.05) is 35.9 Å². The summed E-state index contributed by atoms with van der Waals surface area (Å²) in [5, 5.41) is 6.36. The largest absolute Gasteiger partial charge is 0.355 e. The van der Waals surface area contributed by atoms with E-state index in [1.54, 1.807) is 18.2 Å². The van der Waals surface area contributed by atoms with Gasteiger partial charge in [-0.2, -0.15) is 0 Å². The van der Waals surface area contributed by atoms with Crippen molar-refractivity contribution in [2.75, 3.05) is 13.1 Å². The van der Waals surface area contributed by atoms with Crippen LogP contribution < -0.4 is 10.6 Å². The fourth-order valence-electron chi connectivity index (χ4n) is 3.00. The molecule has 2 aromatic carbocycles. The zero-order chi connectivity index (χ0) is 19.3. The van der Waals surface area contributed by atoms with Gasteiger partial charge < -0.3 is 10.6 Å². The monoisotopic (exact) mass is 388 g/mol. The van der Waals surface area contributed by atoms with Gasteiger partial charge in [-0.25, -0.2) is 4.39 Å². The Bertz CT molecular complexity index is 819. The smallest absolute Gasteiger partial charge is 0.235 e. The van der Waals surface area contributed by atoms with Crippen LogP contribution in [0.5, 0.6) is 0 Å². The molecule has 0 aliphatic heterocycles. The van der Waals surface area contributed by atoms with Gasteiger partial charge in [0.25, 0.3) is 0 Å². The summed E-state index contributed by atoms with van der Waals surface area (Å²) in [4.78, 5) is 24.9. The minimum absolute atomic E-state index is 0.219. The van der Waals surface area contributed by atoms with E-state index in [-0.39, 0.29) is 17.6 Å². The third kappa shape index (κ3) is 5.07. The second-order valence-corrected chi connectivity index (χ2v) is 7.29. The molecule has 1 fully saturated rings. The van der Waals surface area contributed by atoms with Crippen LogP contribution in [0.3, 0.4) is 0 Å². The zero-order valence-electron chi connectivity index (χ0n) is 14.9. The number of carbonyl (C=O) groups excluding carboxylic acids is 2. The molecule has 0 radical (unpaired) electrons. The van der Waals surface area contributed by atoms with Crippen molar-refractivity contribution in [1.29, 1.82) is 0 Å². The zero-order valence-corrected chi connectivity index (χ0v) is 15.7. The minimum atomic E-state index is -0.933. The molecule has 0 heterocycles. The van der Waals surface area contributed by atoms with E-state index in [0.29, 0.717) is 43.8 Å². The molecule has 2 amide bonds. The lowest BCUT2D eigenvalue weighted by atomic mass is 10.0. The topological polar surface area (TPSA) is 58.2 Å². The van der Waals surface area contributed by atoms with Crippen LogP contribution in [0.1, 0.15) is 24.0 Å². The Hall–Kier alpha value is -2.40. The van der Waals surface area contributed by atoms with E-state index < -0.39 is 5.41 Å². The SMILES string of the molecule is O=C(NCCc1ccc(F)cc1)C1(C(=O)NCCc2cccc(Cl)c2)CC1. The molecule has 1 saturated carbocycles. The molecule has 0 bridgehead atoms. The fourth-order valence-corrected chi connectivity index (χ4v) is 3.22. The number of halogens is 2. The highest BCUT2D eigenvalue weighted by molar-refractivity contribution is 6.30. The van der Waals surface area contributed by atoms with Crippen LogP contribution in [0.25, 0.3) is 0 Å². The van der Waals surface area contributed by atoms with Crippen LogP contribution in [-0.4, -0.2) is 24.9 Å². The van der Waals surface area contributed by atoms with E-state index in [1.807, 2.05) is 18.2 Å². The Kier molecular flexibility index (Phi) is 6.11. The molecule has 0 saturated heterocycles. The highest BCUT2D eigenvalue weighted by Crippen LogP contribution is 2.46. The summed E-state index contributed by atoms with van der Waals surface area (Å²) in [6.45, 7) is 0.881. The summed E-state index contributed by atoms with van der Waals surface area (Å²) in [5.74, 6) is -0.733. The lowest BCUT2D eigenvalue weighted by Crippen LogP contribution is -2.44. The molecule has 3 rings (SSSR count). The van der Waals surface area contributed by atoms with Crippen molar-refractivity contribution in [3.8, 4) is 0 Å². The van der Waals surface area contributed by atoms with Gasteiger partial charge in [-0.3, -0.25) is 9.59 Å². The van der Waals surface area contributed by atoms with E-state index in [0.717, 1.165) is 11.1 Å². The Morgan fingerprint density at radius 2 is 1.52 bits per heavy atom. The maximum absolute atomic E-state index is 12.9. The Morgan fingerprint density at radius 1 is 0.926 bits per heavy atom. The molecule has 1 aliphatic carbocycles. The third-order valence-corrected chi connectivity index (χ3v) is 5.06. The van der Waals surface area contributed by atoms with Crippen molar-refractivity contribution in [1.82, 2.24) is 10.6 Å². The highest BCUT2D eigenvalue weighted by atomic mass is 35.5. The Morgan fingerprint density at radius 3 is 2.07 bits per heavy atom. The highest BCUT2D eigenvalue weighted by Gasteiger charge is 2.56. The molecule has 6 heteroatoms. The van der Waals surface area contributed by atoms with Crippen LogP contribution in [-0.2, 0) is 22.4 Å². The van der Waals surface area contributed by atoms with Crippen molar-refractivity contribution < 1.29 is 14.0 Å². The van der Waals surface area contributed by atoms with E-state index >= 15 is 0 Å². The standard InChI is InChI=1S/C21H22ClFN2O2/c22-17-3-1-2-16(14-17)9-13-25-20(27)21(10-11-21)19(26)24-12-8-15-4-6-18(23)7-5-15/h1-7,14H,8-13H2,(H,24,26)(H,25,27). The number of amides is 2. The lowest BCUT2D eigenvalue weighted by Gasteiger charge is -2.15. The first-order chi connectivity index (χ1) is 13.0. The summed E-state index contributed by atoms with van der Waals surface area (Å²) < 4.78 is 12.9. The molecular formula is C21H22ClFN2O2. The summed E-state index contributed by atoms with van der Waals surface area (Å²) in [5.41, 5.74) is 1.04. The molecule has 142 valence electrons. The number of rotatable bonds is 8. The maximum atomic E-state index is 12.9. The van der Waals surface area contributed by atoms with Crippen molar-refractivity contribution in [3.63, 3.8) is 0 Å². The van der Waals surface area contributed by atoms with Gasteiger partial charge in [0.15, 0.2) is 0 Å². The summed E-state index contributed by atoms with van der Waals surface area (Å²) in [7, 11) is 0. The molecule has 1 aliphatic rings. The van der Waals surface area contributed by atoms with Gasteiger partial charge in [-0.15, -0.1) is 0 Å². The lowest BCUT2D eigenvalue weighted by molar-refractivity contribution is -0.137. The number of carbonyl (C=O) groups is 2. The Balaban J connectivity index is 1.43. The molecule has 4 nitrogen and oxygen atoms in total. The number of nitrogens with one attached hydrogen (secondary N) is 2. The average molecular weight is 389 g/mol. The van der Waals surface area contributed by atoms with Crippen LogP contribution in [0.2, 0.25) is 5.02 Å². The molecule has 2 N–H and O–H groups in total. The van der Waals surface area contributed by atoms with Crippen molar-refractivity contribution >= 4 is 23.4 Å². The third-order valence-electron chi connectivity index (χ3n) is 4.82. The first-order valence-electron chi connectivity index (χ1n) is 9.05. The van der Waals surface area contributed by atoms with Crippen LogP contribution >= 0.6 is 11.6 Å². The van der Waals surface area contributed by atoms with Gasteiger partial charge in [0.05, 0.1) is 0 Å². The predicted molar refractivity (Wildman–Crippen MR) is 103 cm³/mol.